The fraction of sp³-hybridized carbons (Fsp3) is 0.263. The van der Waals surface area contributed by atoms with Gasteiger partial charge < -0.3 is 14.8 Å². The van der Waals surface area contributed by atoms with Crippen LogP contribution in [0.5, 0.6) is 5.75 Å². The molecule has 2 aromatic carbocycles. The highest BCUT2D eigenvalue weighted by Gasteiger charge is 2.10. The summed E-state index contributed by atoms with van der Waals surface area (Å²) in [4.78, 5) is 23.6. The Labute approximate surface area is 141 Å². The van der Waals surface area contributed by atoms with Crippen LogP contribution < -0.4 is 10.1 Å². The third-order valence-electron chi connectivity index (χ3n) is 3.62. The van der Waals surface area contributed by atoms with E-state index in [4.69, 9.17) is 4.74 Å². The molecule has 0 saturated carbocycles. The average Bonchev–Trinajstić information content (AvgIpc) is 2.56. The minimum atomic E-state index is -0.408. The molecule has 0 aliphatic carbocycles. The van der Waals surface area contributed by atoms with Gasteiger partial charge in [-0.1, -0.05) is 12.1 Å². The van der Waals surface area contributed by atoms with Gasteiger partial charge in [0, 0.05) is 5.69 Å². The highest BCUT2D eigenvalue weighted by molar-refractivity contribution is 5.94. The van der Waals surface area contributed by atoms with Crippen molar-refractivity contribution in [3.05, 3.63) is 58.7 Å². The monoisotopic (exact) mass is 327 g/mol. The summed E-state index contributed by atoms with van der Waals surface area (Å²) in [5.74, 6) is 0.0296. The van der Waals surface area contributed by atoms with Gasteiger partial charge in [0.05, 0.1) is 12.7 Å². The lowest BCUT2D eigenvalue weighted by atomic mass is 10.1. The summed E-state index contributed by atoms with van der Waals surface area (Å²) in [5.41, 5.74) is 3.91. The van der Waals surface area contributed by atoms with Crippen molar-refractivity contribution in [2.45, 2.75) is 20.8 Å². The van der Waals surface area contributed by atoms with Crippen LogP contribution in [0.1, 0.15) is 27.0 Å². The molecule has 24 heavy (non-hydrogen) atoms. The summed E-state index contributed by atoms with van der Waals surface area (Å²) in [6, 6.07) is 10.8. The predicted molar refractivity (Wildman–Crippen MR) is 92.6 cm³/mol. The minimum Gasteiger partial charge on any atom is -0.483 e. The smallest absolute Gasteiger partial charge is 0.337 e. The number of hydrogen-bond donors (Lipinski definition) is 1. The van der Waals surface area contributed by atoms with Crippen LogP contribution in [0.3, 0.4) is 0 Å². The molecule has 1 amide bonds. The van der Waals surface area contributed by atoms with Gasteiger partial charge in [-0.15, -0.1) is 0 Å². The summed E-state index contributed by atoms with van der Waals surface area (Å²) in [5, 5.41) is 2.78. The lowest BCUT2D eigenvalue weighted by Gasteiger charge is -2.12. The molecule has 0 aliphatic heterocycles. The Morgan fingerprint density at radius 3 is 2.42 bits per heavy atom. The third-order valence-corrected chi connectivity index (χ3v) is 3.62. The Hall–Kier alpha value is -2.82. The number of carbonyl (C=O) groups is 2. The molecule has 0 aliphatic rings. The first-order valence-electron chi connectivity index (χ1n) is 7.59. The van der Waals surface area contributed by atoms with E-state index in [1.54, 1.807) is 18.2 Å². The van der Waals surface area contributed by atoms with Gasteiger partial charge in [0.25, 0.3) is 5.91 Å². The molecular weight excluding hydrogens is 306 g/mol. The minimum absolute atomic E-state index is 0.0809. The number of esters is 1. The first kappa shape index (κ1) is 17.5. The van der Waals surface area contributed by atoms with E-state index in [1.807, 2.05) is 39.0 Å². The summed E-state index contributed by atoms with van der Waals surface area (Å²) in [7, 11) is 1.33. The lowest BCUT2D eigenvalue weighted by Crippen LogP contribution is -2.21. The molecule has 2 rings (SSSR count). The van der Waals surface area contributed by atoms with Crippen molar-refractivity contribution < 1.29 is 19.1 Å². The predicted octanol–water partition coefficient (Wildman–Crippen LogP) is 3.42. The number of amides is 1. The fourth-order valence-electron chi connectivity index (χ4n) is 2.24. The normalized spacial score (nSPS) is 10.2. The Balaban J connectivity index is 1.99. The van der Waals surface area contributed by atoms with E-state index in [9.17, 15) is 9.59 Å². The Bertz CT molecular complexity index is 768. The van der Waals surface area contributed by atoms with Crippen molar-refractivity contribution in [3.8, 4) is 5.75 Å². The number of ether oxygens (including phenoxy) is 2. The Morgan fingerprint density at radius 2 is 1.75 bits per heavy atom. The van der Waals surface area contributed by atoms with E-state index < -0.39 is 5.97 Å². The SMILES string of the molecule is COC(=O)c1ccc(NC(=O)COc2cc(C)ccc2C)c(C)c1. The molecule has 1 N–H and O–H groups in total. The highest BCUT2D eigenvalue weighted by atomic mass is 16.5. The molecule has 5 nitrogen and oxygen atoms in total. The van der Waals surface area contributed by atoms with Crippen LogP contribution in [0.25, 0.3) is 0 Å². The molecule has 0 aromatic heterocycles. The second-order valence-corrected chi connectivity index (χ2v) is 5.63. The van der Waals surface area contributed by atoms with Gasteiger partial charge in [0.2, 0.25) is 0 Å². The van der Waals surface area contributed by atoms with Crippen molar-refractivity contribution >= 4 is 17.6 Å². The number of carbonyl (C=O) groups excluding carboxylic acids is 2. The zero-order chi connectivity index (χ0) is 17.7. The first-order chi connectivity index (χ1) is 11.4. The number of methoxy groups -OCH3 is 1. The molecule has 0 spiro atoms. The van der Waals surface area contributed by atoms with Crippen LogP contribution in [0.2, 0.25) is 0 Å². The number of aryl methyl sites for hydroxylation is 3. The zero-order valence-corrected chi connectivity index (χ0v) is 14.3. The van der Waals surface area contributed by atoms with Gasteiger partial charge in [0.1, 0.15) is 5.75 Å². The molecule has 0 saturated heterocycles. The summed E-state index contributed by atoms with van der Waals surface area (Å²) in [6.45, 7) is 5.64. The summed E-state index contributed by atoms with van der Waals surface area (Å²) < 4.78 is 10.3. The number of benzene rings is 2. The molecular formula is C19H21NO4. The van der Waals surface area contributed by atoms with Crippen LogP contribution in [0.4, 0.5) is 5.69 Å². The standard InChI is InChI=1S/C19H21NO4/c1-12-5-6-13(2)17(9-12)24-11-18(21)20-16-8-7-15(10-14(16)3)19(22)23-4/h5-10H,11H2,1-4H3,(H,20,21). The second-order valence-electron chi connectivity index (χ2n) is 5.63. The van der Waals surface area contributed by atoms with E-state index in [-0.39, 0.29) is 12.5 Å². The van der Waals surface area contributed by atoms with E-state index in [1.165, 1.54) is 7.11 Å². The number of rotatable bonds is 5. The van der Waals surface area contributed by atoms with Crippen LogP contribution in [-0.2, 0) is 9.53 Å². The molecule has 0 radical (unpaired) electrons. The lowest BCUT2D eigenvalue weighted by molar-refractivity contribution is -0.118. The molecule has 0 fully saturated rings. The molecule has 2 aromatic rings. The van der Waals surface area contributed by atoms with Crippen LogP contribution in [0, 0.1) is 20.8 Å². The summed E-state index contributed by atoms with van der Waals surface area (Å²) in [6.07, 6.45) is 0. The van der Waals surface area contributed by atoms with E-state index in [0.29, 0.717) is 17.0 Å². The van der Waals surface area contributed by atoms with Crippen LogP contribution >= 0.6 is 0 Å². The zero-order valence-electron chi connectivity index (χ0n) is 14.3. The maximum absolute atomic E-state index is 12.1. The molecule has 0 unspecified atom stereocenters. The topological polar surface area (TPSA) is 64.6 Å². The second kappa shape index (κ2) is 7.64. The average molecular weight is 327 g/mol. The van der Waals surface area contributed by atoms with Crippen LogP contribution in [0.15, 0.2) is 36.4 Å². The van der Waals surface area contributed by atoms with Crippen molar-refractivity contribution in [1.82, 2.24) is 0 Å². The maximum Gasteiger partial charge on any atom is 0.337 e. The first-order valence-corrected chi connectivity index (χ1v) is 7.59. The fourth-order valence-corrected chi connectivity index (χ4v) is 2.24. The highest BCUT2D eigenvalue weighted by Crippen LogP contribution is 2.20. The van der Waals surface area contributed by atoms with E-state index >= 15 is 0 Å². The molecule has 126 valence electrons. The van der Waals surface area contributed by atoms with Gasteiger partial charge in [-0.2, -0.15) is 0 Å². The van der Waals surface area contributed by atoms with Crippen molar-refractivity contribution in [2.75, 3.05) is 19.0 Å². The molecule has 0 heterocycles. The van der Waals surface area contributed by atoms with Gasteiger partial charge in [-0.3, -0.25) is 4.79 Å². The molecule has 0 bridgehead atoms. The van der Waals surface area contributed by atoms with Crippen LogP contribution in [-0.4, -0.2) is 25.6 Å². The van der Waals surface area contributed by atoms with E-state index in [2.05, 4.69) is 10.1 Å². The maximum atomic E-state index is 12.1. The van der Waals surface area contributed by atoms with E-state index in [0.717, 1.165) is 16.7 Å². The van der Waals surface area contributed by atoms with Crippen molar-refractivity contribution in [1.29, 1.82) is 0 Å². The largest absolute Gasteiger partial charge is 0.483 e. The van der Waals surface area contributed by atoms with Crippen molar-refractivity contribution in [3.63, 3.8) is 0 Å². The Morgan fingerprint density at radius 1 is 1.00 bits per heavy atom. The number of hydrogen-bond acceptors (Lipinski definition) is 4. The van der Waals surface area contributed by atoms with Gasteiger partial charge >= 0.3 is 5.97 Å². The van der Waals surface area contributed by atoms with Gasteiger partial charge in [0.15, 0.2) is 6.61 Å². The number of nitrogens with one attached hydrogen (secondary N) is 1. The number of anilines is 1. The molecule has 5 heteroatoms. The quantitative estimate of drug-likeness (QED) is 0.855. The van der Waals surface area contributed by atoms with Gasteiger partial charge in [-0.05, 0) is 61.7 Å². The molecule has 0 atom stereocenters. The third kappa shape index (κ3) is 4.35. The summed E-state index contributed by atoms with van der Waals surface area (Å²) >= 11 is 0. The van der Waals surface area contributed by atoms with Gasteiger partial charge in [-0.25, -0.2) is 4.79 Å². The van der Waals surface area contributed by atoms with Crippen molar-refractivity contribution in [2.24, 2.45) is 0 Å². The Kier molecular flexibility index (Phi) is 5.58.